The molecule has 150 valence electrons. The second-order valence-electron chi connectivity index (χ2n) is 5.96. The predicted octanol–water partition coefficient (Wildman–Crippen LogP) is 3.27. The van der Waals surface area contributed by atoms with Gasteiger partial charge in [0.1, 0.15) is 22.9 Å². The quantitative estimate of drug-likeness (QED) is 0.277. The minimum Gasteiger partial charge on any atom is -0.289 e. The average molecular weight is 442 g/mol. The van der Waals surface area contributed by atoms with Crippen LogP contribution in [0, 0.1) is 5.82 Å². The molecule has 3 N–H and O–H groups in total. The molecule has 0 aliphatic carbocycles. The van der Waals surface area contributed by atoms with E-state index in [0.29, 0.717) is 22.1 Å². The molecule has 0 saturated heterocycles. The number of nitrogens with two attached hydrogens (primary N) is 1. The highest BCUT2D eigenvalue weighted by atomic mass is 35.5. The Morgan fingerprint density at radius 2 is 1.93 bits per heavy atom. The summed E-state index contributed by atoms with van der Waals surface area (Å²) in [5.41, 5.74) is 3.46. The normalized spacial score (nSPS) is 10.8. The Hall–Kier alpha value is -3.34. The van der Waals surface area contributed by atoms with Crippen molar-refractivity contribution in [2.45, 2.75) is 9.79 Å². The summed E-state index contributed by atoms with van der Waals surface area (Å²) in [6, 6.07) is 8.63. The third-order valence-electron chi connectivity index (χ3n) is 3.94. The SMILES string of the molecule is NNC(=O)c1cnc(-c2nn(-c3cncc(F)c3)cc2Sc2ccc(Cl)cc2)cn1. The van der Waals surface area contributed by atoms with Gasteiger partial charge >= 0.3 is 0 Å². The van der Waals surface area contributed by atoms with Crippen LogP contribution in [0.1, 0.15) is 10.5 Å². The Kier molecular flexibility index (Phi) is 5.70. The summed E-state index contributed by atoms with van der Waals surface area (Å²) < 4.78 is 15.1. The van der Waals surface area contributed by atoms with Crippen LogP contribution in [0.4, 0.5) is 4.39 Å². The molecular weight excluding hydrogens is 429 g/mol. The summed E-state index contributed by atoms with van der Waals surface area (Å²) in [5, 5.41) is 5.16. The van der Waals surface area contributed by atoms with E-state index < -0.39 is 11.7 Å². The number of benzene rings is 1. The standard InChI is InChI=1S/C19H13ClFN7OS/c20-11-1-3-14(4-2-11)30-17-10-28(13-5-12(21)6-23-7-13)27-18(17)15-8-25-16(9-24-15)19(29)26-22/h1-10H,22H2,(H,26,29). The Balaban J connectivity index is 1.76. The summed E-state index contributed by atoms with van der Waals surface area (Å²) >= 11 is 7.39. The summed E-state index contributed by atoms with van der Waals surface area (Å²) in [6.07, 6.45) is 7.08. The Morgan fingerprint density at radius 1 is 1.13 bits per heavy atom. The molecule has 0 unspecified atom stereocenters. The van der Waals surface area contributed by atoms with Crippen molar-refractivity contribution in [3.8, 4) is 17.1 Å². The summed E-state index contributed by atoms with van der Waals surface area (Å²) in [7, 11) is 0. The van der Waals surface area contributed by atoms with Crippen molar-refractivity contribution in [2.75, 3.05) is 0 Å². The van der Waals surface area contributed by atoms with Gasteiger partial charge in [0.05, 0.1) is 35.4 Å². The van der Waals surface area contributed by atoms with Crippen LogP contribution < -0.4 is 11.3 Å². The topological polar surface area (TPSA) is 112 Å². The molecule has 4 rings (SSSR count). The first-order valence-corrected chi connectivity index (χ1v) is 9.70. The molecule has 0 spiro atoms. The molecule has 0 bridgehead atoms. The molecule has 4 aromatic rings. The van der Waals surface area contributed by atoms with Gasteiger partial charge in [-0.15, -0.1) is 0 Å². The predicted molar refractivity (Wildman–Crippen MR) is 110 cm³/mol. The molecule has 0 atom stereocenters. The molecule has 8 nitrogen and oxygen atoms in total. The van der Waals surface area contributed by atoms with Crippen molar-refractivity contribution < 1.29 is 9.18 Å². The lowest BCUT2D eigenvalue weighted by molar-refractivity contribution is 0.0948. The molecule has 0 radical (unpaired) electrons. The number of hydrogen-bond acceptors (Lipinski definition) is 7. The van der Waals surface area contributed by atoms with Gasteiger partial charge in [0, 0.05) is 22.2 Å². The highest BCUT2D eigenvalue weighted by Gasteiger charge is 2.17. The second kappa shape index (κ2) is 8.57. The number of halogens is 2. The first kappa shape index (κ1) is 20.0. The van der Waals surface area contributed by atoms with E-state index in [1.165, 1.54) is 41.1 Å². The molecule has 3 aromatic heterocycles. The van der Waals surface area contributed by atoms with Crippen LogP contribution >= 0.6 is 23.4 Å². The van der Waals surface area contributed by atoms with Crippen molar-refractivity contribution >= 4 is 29.3 Å². The van der Waals surface area contributed by atoms with Gasteiger partial charge in [-0.2, -0.15) is 5.10 Å². The zero-order valence-corrected chi connectivity index (χ0v) is 16.7. The lowest BCUT2D eigenvalue weighted by Gasteiger charge is -2.03. The Bertz CT molecular complexity index is 1200. The van der Waals surface area contributed by atoms with E-state index in [2.05, 4.69) is 20.1 Å². The molecule has 0 fully saturated rings. The van der Waals surface area contributed by atoms with Gasteiger partial charge in [-0.25, -0.2) is 19.9 Å². The minimum atomic E-state index is -0.554. The van der Waals surface area contributed by atoms with E-state index >= 15 is 0 Å². The van der Waals surface area contributed by atoms with Crippen molar-refractivity contribution in [1.29, 1.82) is 0 Å². The zero-order chi connectivity index (χ0) is 21.1. The lowest BCUT2D eigenvalue weighted by Crippen LogP contribution is -2.30. The van der Waals surface area contributed by atoms with Gasteiger partial charge in [-0.1, -0.05) is 23.4 Å². The van der Waals surface area contributed by atoms with E-state index in [1.807, 2.05) is 17.6 Å². The summed E-state index contributed by atoms with van der Waals surface area (Å²) in [5.74, 6) is 4.09. The van der Waals surface area contributed by atoms with Gasteiger partial charge in [-0.05, 0) is 24.3 Å². The lowest BCUT2D eigenvalue weighted by atomic mass is 10.3. The number of rotatable bonds is 5. The van der Waals surface area contributed by atoms with Crippen molar-refractivity contribution in [2.24, 2.45) is 5.84 Å². The number of aromatic nitrogens is 5. The fourth-order valence-electron chi connectivity index (χ4n) is 2.54. The monoisotopic (exact) mass is 441 g/mol. The number of nitrogens with one attached hydrogen (secondary N) is 1. The maximum atomic E-state index is 13.6. The largest absolute Gasteiger partial charge is 0.289 e. The number of nitrogens with zero attached hydrogens (tertiary/aromatic N) is 5. The van der Waals surface area contributed by atoms with E-state index in [9.17, 15) is 9.18 Å². The fourth-order valence-corrected chi connectivity index (χ4v) is 3.59. The third-order valence-corrected chi connectivity index (χ3v) is 5.21. The number of carbonyl (C=O) groups excluding carboxylic acids is 1. The van der Waals surface area contributed by atoms with Gasteiger partial charge in [0.2, 0.25) is 0 Å². The number of hydrogen-bond donors (Lipinski definition) is 2. The van der Waals surface area contributed by atoms with Crippen molar-refractivity contribution in [3.05, 3.63) is 77.8 Å². The van der Waals surface area contributed by atoms with E-state index in [4.69, 9.17) is 17.4 Å². The van der Waals surface area contributed by atoms with Crippen molar-refractivity contribution in [1.82, 2.24) is 30.2 Å². The van der Waals surface area contributed by atoms with Crippen molar-refractivity contribution in [3.63, 3.8) is 0 Å². The van der Waals surface area contributed by atoms with Crippen LogP contribution in [0.3, 0.4) is 0 Å². The molecule has 11 heteroatoms. The molecule has 30 heavy (non-hydrogen) atoms. The molecule has 1 aromatic carbocycles. The van der Waals surface area contributed by atoms with Gasteiger partial charge < -0.3 is 0 Å². The first-order chi connectivity index (χ1) is 14.5. The van der Waals surface area contributed by atoms with Crippen LogP contribution in [-0.4, -0.2) is 30.6 Å². The van der Waals surface area contributed by atoms with Gasteiger partial charge in [-0.3, -0.25) is 20.2 Å². The molecule has 0 aliphatic rings. The molecule has 0 aliphatic heterocycles. The molecule has 0 saturated carbocycles. The van der Waals surface area contributed by atoms with E-state index in [1.54, 1.807) is 18.3 Å². The molecule has 3 heterocycles. The number of pyridine rings is 1. The maximum Gasteiger partial charge on any atom is 0.285 e. The third kappa shape index (κ3) is 4.30. The number of nitrogen functional groups attached to an aromatic ring is 1. The van der Waals surface area contributed by atoms with Gasteiger partial charge in [0.15, 0.2) is 0 Å². The number of amides is 1. The minimum absolute atomic E-state index is 0.0712. The summed E-state index contributed by atoms with van der Waals surface area (Å²) in [4.78, 5) is 25.5. The second-order valence-corrected chi connectivity index (χ2v) is 7.52. The number of hydrazine groups is 1. The van der Waals surface area contributed by atoms with Crippen LogP contribution in [-0.2, 0) is 0 Å². The van der Waals surface area contributed by atoms with E-state index in [-0.39, 0.29) is 5.69 Å². The highest BCUT2D eigenvalue weighted by Crippen LogP contribution is 2.35. The number of carbonyl (C=O) groups is 1. The fraction of sp³-hybridized carbons (Fsp3) is 0. The van der Waals surface area contributed by atoms with Crippen LogP contribution in [0.25, 0.3) is 17.1 Å². The smallest absolute Gasteiger partial charge is 0.285 e. The average Bonchev–Trinajstić information content (AvgIpc) is 3.19. The van der Waals surface area contributed by atoms with Crippen LogP contribution in [0.15, 0.2) is 71.1 Å². The summed E-state index contributed by atoms with van der Waals surface area (Å²) in [6.45, 7) is 0. The Labute approximate surface area is 179 Å². The molecular formula is C19H13ClFN7OS. The zero-order valence-electron chi connectivity index (χ0n) is 15.2. The highest BCUT2D eigenvalue weighted by molar-refractivity contribution is 7.99. The van der Waals surface area contributed by atoms with Crippen LogP contribution in [0.5, 0.6) is 0 Å². The molecule has 1 amide bonds. The van der Waals surface area contributed by atoms with Gasteiger partial charge in [0.25, 0.3) is 5.91 Å². The Morgan fingerprint density at radius 3 is 2.60 bits per heavy atom. The van der Waals surface area contributed by atoms with E-state index in [0.717, 1.165) is 16.0 Å². The van der Waals surface area contributed by atoms with Crippen LogP contribution in [0.2, 0.25) is 5.02 Å². The first-order valence-electron chi connectivity index (χ1n) is 8.51. The maximum absolute atomic E-state index is 13.6.